The molecule has 0 spiro atoms. The number of allylic oxidation sites excluding steroid dienone is 4. The summed E-state index contributed by atoms with van der Waals surface area (Å²) in [7, 11) is 0. The maximum atomic E-state index is 13.7. The van der Waals surface area contributed by atoms with E-state index in [-0.39, 0.29) is 11.9 Å². The summed E-state index contributed by atoms with van der Waals surface area (Å²) in [5.41, 5.74) is 7.52. The SMILES string of the molecule is CC(N)Cn1ncc2c1=CC1=C(F)C=CCC=21.O=C(O)/C=C/C(=O)O. The lowest BCUT2D eigenvalue weighted by Gasteiger charge is -2.07. The average Bonchev–Trinajstić information content (AvgIpc) is 3.07. The van der Waals surface area contributed by atoms with E-state index in [1.54, 1.807) is 0 Å². The van der Waals surface area contributed by atoms with E-state index in [9.17, 15) is 14.0 Å². The quantitative estimate of drug-likeness (QED) is 0.663. The molecule has 4 N–H and O–H groups in total. The maximum Gasteiger partial charge on any atom is 0.328 e. The summed E-state index contributed by atoms with van der Waals surface area (Å²) in [5.74, 6) is -2.67. The van der Waals surface area contributed by atoms with Gasteiger partial charge in [-0.3, -0.25) is 4.68 Å². The number of nitrogens with zero attached hydrogens (tertiary/aromatic N) is 2. The lowest BCUT2D eigenvalue weighted by Crippen LogP contribution is -2.33. The van der Waals surface area contributed by atoms with Crippen molar-refractivity contribution in [2.24, 2.45) is 5.73 Å². The van der Waals surface area contributed by atoms with Crippen LogP contribution in [0.4, 0.5) is 4.39 Å². The molecule has 0 radical (unpaired) electrons. The van der Waals surface area contributed by atoms with Crippen LogP contribution >= 0.6 is 0 Å². The van der Waals surface area contributed by atoms with Gasteiger partial charge in [-0.05, 0) is 31.1 Å². The summed E-state index contributed by atoms with van der Waals surface area (Å²) in [6.07, 6.45) is 8.95. The molecule has 0 aliphatic heterocycles. The minimum Gasteiger partial charge on any atom is -0.478 e. The zero-order chi connectivity index (χ0) is 18.6. The van der Waals surface area contributed by atoms with Gasteiger partial charge in [-0.1, -0.05) is 6.08 Å². The standard InChI is InChI=1S/C13H14FN3.C4H4O4/c1-8(15)7-17-13-5-10-9(11(13)6-16-17)3-2-4-12(10)14;5-3(6)1-2-4(7)8/h2,4-6,8H,3,7,15H2,1H3;1-2H,(H,5,6)(H,7,8)/b;2-1+. The second-order valence-electron chi connectivity index (χ2n) is 5.60. The van der Waals surface area contributed by atoms with Gasteiger partial charge in [-0.2, -0.15) is 5.10 Å². The molecule has 2 aliphatic rings. The van der Waals surface area contributed by atoms with Crippen molar-refractivity contribution >= 4 is 23.6 Å². The zero-order valence-corrected chi connectivity index (χ0v) is 13.5. The summed E-state index contributed by atoms with van der Waals surface area (Å²) in [6.45, 7) is 2.59. The van der Waals surface area contributed by atoms with E-state index in [0.29, 0.717) is 24.3 Å². The Bertz CT molecular complexity index is 891. The van der Waals surface area contributed by atoms with Crippen molar-refractivity contribution in [3.8, 4) is 0 Å². The van der Waals surface area contributed by atoms with Crippen LogP contribution in [-0.2, 0) is 16.1 Å². The second kappa shape index (κ2) is 7.71. The highest BCUT2D eigenvalue weighted by molar-refractivity contribution is 5.89. The number of rotatable bonds is 4. The number of aliphatic carboxylic acids is 2. The number of carboxylic acids is 2. The van der Waals surface area contributed by atoms with Crippen LogP contribution in [0.1, 0.15) is 13.3 Å². The van der Waals surface area contributed by atoms with E-state index in [1.807, 2.05) is 30.0 Å². The Balaban J connectivity index is 0.000000242. The molecule has 0 saturated heterocycles. The van der Waals surface area contributed by atoms with Crippen molar-refractivity contribution < 1.29 is 24.2 Å². The van der Waals surface area contributed by atoms with Crippen LogP contribution in [0.5, 0.6) is 0 Å². The van der Waals surface area contributed by atoms with E-state index >= 15 is 0 Å². The van der Waals surface area contributed by atoms with Crippen molar-refractivity contribution in [3.63, 3.8) is 0 Å². The van der Waals surface area contributed by atoms with Crippen molar-refractivity contribution in [2.45, 2.75) is 25.9 Å². The Morgan fingerprint density at radius 2 is 2.04 bits per heavy atom. The third-order valence-corrected chi connectivity index (χ3v) is 3.48. The van der Waals surface area contributed by atoms with Crippen LogP contribution in [0.15, 0.2) is 41.9 Å². The first kappa shape index (κ1) is 18.3. The first-order chi connectivity index (χ1) is 11.8. The lowest BCUT2D eigenvalue weighted by atomic mass is 10.00. The molecule has 8 heteroatoms. The Morgan fingerprint density at radius 3 is 2.60 bits per heavy atom. The monoisotopic (exact) mass is 347 g/mol. The van der Waals surface area contributed by atoms with Crippen LogP contribution in [0.3, 0.4) is 0 Å². The number of halogens is 1. The van der Waals surface area contributed by atoms with Crippen molar-refractivity contribution in [1.29, 1.82) is 0 Å². The molecule has 1 atom stereocenters. The van der Waals surface area contributed by atoms with Gasteiger partial charge in [-0.15, -0.1) is 0 Å². The normalized spacial score (nSPS) is 16.0. The molecule has 1 aromatic rings. The summed E-state index contributed by atoms with van der Waals surface area (Å²) >= 11 is 0. The van der Waals surface area contributed by atoms with Gasteiger partial charge < -0.3 is 15.9 Å². The highest BCUT2D eigenvalue weighted by atomic mass is 19.1. The summed E-state index contributed by atoms with van der Waals surface area (Å²) < 4.78 is 15.5. The van der Waals surface area contributed by atoms with Gasteiger partial charge >= 0.3 is 11.9 Å². The largest absolute Gasteiger partial charge is 0.478 e. The van der Waals surface area contributed by atoms with Gasteiger partial charge in [0.2, 0.25) is 0 Å². The number of carboxylic acid groups (broad SMARTS) is 2. The number of hydrogen-bond acceptors (Lipinski definition) is 4. The number of nitrogens with two attached hydrogens (primary N) is 1. The second-order valence-corrected chi connectivity index (χ2v) is 5.60. The molecule has 1 heterocycles. The average molecular weight is 347 g/mol. The maximum absolute atomic E-state index is 13.7. The van der Waals surface area contributed by atoms with Crippen LogP contribution in [0, 0.1) is 0 Å². The van der Waals surface area contributed by atoms with Gasteiger partial charge in [0, 0.05) is 29.0 Å². The fraction of sp³-hybridized carbons (Fsp3) is 0.235. The van der Waals surface area contributed by atoms with Crippen molar-refractivity contribution in [3.05, 3.63) is 52.5 Å². The minimum atomic E-state index is -1.26. The summed E-state index contributed by atoms with van der Waals surface area (Å²) in [6, 6.07) is 0.0389. The molecular weight excluding hydrogens is 329 g/mol. The van der Waals surface area contributed by atoms with E-state index < -0.39 is 11.9 Å². The summed E-state index contributed by atoms with van der Waals surface area (Å²) in [4.78, 5) is 19.1. The topological polar surface area (TPSA) is 118 Å². The van der Waals surface area contributed by atoms with Crippen LogP contribution in [-0.4, -0.2) is 38.0 Å². The van der Waals surface area contributed by atoms with E-state index in [1.165, 1.54) is 6.08 Å². The number of hydrogen-bond donors (Lipinski definition) is 3. The molecule has 1 aromatic heterocycles. The van der Waals surface area contributed by atoms with Gasteiger partial charge in [0.1, 0.15) is 5.83 Å². The Hall–Kier alpha value is -3.00. The molecule has 0 bridgehead atoms. The van der Waals surface area contributed by atoms with Crippen LogP contribution in [0.25, 0.3) is 11.6 Å². The highest BCUT2D eigenvalue weighted by Crippen LogP contribution is 2.28. The van der Waals surface area contributed by atoms with E-state index in [0.717, 1.165) is 22.6 Å². The molecule has 3 rings (SSSR count). The minimum absolute atomic E-state index is 0.0389. The zero-order valence-electron chi connectivity index (χ0n) is 13.5. The smallest absolute Gasteiger partial charge is 0.328 e. The number of fused-ring (bicyclic) bond motifs is 2. The Labute approximate surface area is 142 Å². The van der Waals surface area contributed by atoms with Crippen LogP contribution < -0.4 is 16.3 Å². The van der Waals surface area contributed by atoms with Gasteiger partial charge in [0.15, 0.2) is 0 Å². The van der Waals surface area contributed by atoms with Gasteiger partial charge in [0.25, 0.3) is 0 Å². The third kappa shape index (κ3) is 4.51. The predicted octanol–water partition coefficient (Wildman–Crippen LogP) is 0.0704. The third-order valence-electron chi connectivity index (χ3n) is 3.48. The van der Waals surface area contributed by atoms with Crippen molar-refractivity contribution in [2.75, 3.05) is 0 Å². The first-order valence-corrected chi connectivity index (χ1v) is 7.52. The number of aromatic nitrogens is 2. The fourth-order valence-electron chi connectivity index (χ4n) is 2.51. The Kier molecular flexibility index (Phi) is 5.66. The fourth-order valence-corrected chi connectivity index (χ4v) is 2.51. The summed E-state index contributed by atoms with van der Waals surface area (Å²) in [5, 5.41) is 22.0. The first-order valence-electron chi connectivity index (χ1n) is 7.52. The molecule has 132 valence electrons. The van der Waals surface area contributed by atoms with E-state index in [2.05, 4.69) is 5.10 Å². The van der Waals surface area contributed by atoms with Gasteiger partial charge in [0.05, 0.1) is 18.1 Å². The highest BCUT2D eigenvalue weighted by Gasteiger charge is 2.19. The lowest BCUT2D eigenvalue weighted by molar-refractivity contribution is -0.134. The number of carbonyl (C=O) groups is 2. The Morgan fingerprint density at radius 1 is 1.40 bits per heavy atom. The molecule has 1 unspecified atom stereocenters. The predicted molar refractivity (Wildman–Crippen MR) is 89.3 cm³/mol. The molecule has 25 heavy (non-hydrogen) atoms. The molecule has 0 fully saturated rings. The molecule has 2 aliphatic carbocycles. The van der Waals surface area contributed by atoms with E-state index in [4.69, 9.17) is 15.9 Å². The molecule has 0 aromatic carbocycles. The molecular formula is C17H18FN3O4. The van der Waals surface area contributed by atoms with Crippen molar-refractivity contribution in [1.82, 2.24) is 9.78 Å². The molecule has 0 amide bonds. The molecule has 7 nitrogen and oxygen atoms in total. The van der Waals surface area contributed by atoms with Crippen LogP contribution in [0.2, 0.25) is 0 Å². The molecule has 0 saturated carbocycles. The van der Waals surface area contributed by atoms with Gasteiger partial charge in [-0.25, -0.2) is 14.0 Å².